The molecule has 3 aromatic carbocycles. The lowest BCUT2D eigenvalue weighted by atomic mass is 9.98. The number of ketones is 1. The van der Waals surface area contributed by atoms with Crippen LogP contribution in [0.15, 0.2) is 90.5 Å². The third kappa shape index (κ3) is 5.92. The molecule has 0 aliphatic carbocycles. The van der Waals surface area contributed by atoms with Crippen molar-refractivity contribution in [3.8, 4) is 5.75 Å². The highest BCUT2D eigenvalue weighted by atomic mass is 16.5. The maximum Gasteiger partial charge on any atom is 0.259 e. The first-order chi connectivity index (χ1) is 14.5. The Hall–Kier alpha value is -3.66. The molecule has 3 aromatic rings. The zero-order valence-electron chi connectivity index (χ0n) is 17.2. The van der Waals surface area contributed by atoms with Gasteiger partial charge in [-0.05, 0) is 29.3 Å². The summed E-state index contributed by atoms with van der Waals surface area (Å²) in [5.41, 5.74) is 2.56. The second-order valence-electron chi connectivity index (χ2n) is 7.24. The number of benzene rings is 3. The van der Waals surface area contributed by atoms with E-state index in [-0.39, 0.29) is 17.3 Å². The Kier molecular flexibility index (Phi) is 7.17. The molecule has 0 aromatic heterocycles. The first-order valence-corrected chi connectivity index (χ1v) is 9.92. The van der Waals surface area contributed by atoms with Gasteiger partial charge >= 0.3 is 0 Å². The molecule has 0 atom stereocenters. The molecule has 0 saturated heterocycles. The summed E-state index contributed by atoms with van der Waals surface area (Å²) < 4.78 is 5.82. The normalized spacial score (nSPS) is 11.2. The second kappa shape index (κ2) is 10.2. The monoisotopic (exact) mass is 399 g/mol. The van der Waals surface area contributed by atoms with Crippen LogP contribution in [0.1, 0.15) is 25.0 Å². The summed E-state index contributed by atoms with van der Waals surface area (Å²) in [7, 11) is 0. The van der Waals surface area contributed by atoms with Crippen LogP contribution in [0.25, 0.3) is 6.08 Å². The van der Waals surface area contributed by atoms with Gasteiger partial charge in [0.05, 0.1) is 5.57 Å². The highest BCUT2D eigenvalue weighted by Crippen LogP contribution is 2.20. The predicted molar refractivity (Wildman–Crippen MR) is 120 cm³/mol. The maximum absolute atomic E-state index is 12.9. The highest BCUT2D eigenvalue weighted by Gasteiger charge is 2.21. The molecule has 0 fully saturated rings. The molecule has 0 heterocycles. The molecule has 152 valence electrons. The van der Waals surface area contributed by atoms with Crippen LogP contribution in [0.5, 0.6) is 5.75 Å². The van der Waals surface area contributed by atoms with E-state index in [0.29, 0.717) is 18.0 Å². The molecule has 0 radical (unpaired) electrons. The summed E-state index contributed by atoms with van der Waals surface area (Å²) in [6, 6.07) is 26.4. The summed E-state index contributed by atoms with van der Waals surface area (Å²) >= 11 is 0. The van der Waals surface area contributed by atoms with Crippen LogP contribution in [0.3, 0.4) is 0 Å². The van der Waals surface area contributed by atoms with Gasteiger partial charge in [0.25, 0.3) is 5.91 Å². The molecule has 0 aliphatic heterocycles. The molecule has 0 saturated carbocycles. The van der Waals surface area contributed by atoms with Gasteiger partial charge in [0.15, 0.2) is 5.78 Å². The van der Waals surface area contributed by atoms with Crippen LogP contribution in [0, 0.1) is 5.92 Å². The van der Waals surface area contributed by atoms with Gasteiger partial charge in [0.1, 0.15) is 12.4 Å². The molecule has 0 bridgehead atoms. The molecule has 1 amide bonds. The van der Waals surface area contributed by atoms with E-state index in [1.165, 1.54) is 0 Å². The number of carbonyl (C=O) groups excluding carboxylic acids is 2. The first kappa shape index (κ1) is 21.1. The summed E-state index contributed by atoms with van der Waals surface area (Å²) in [4.78, 5) is 25.6. The minimum absolute atomic E-state index is 0.131. The van der Waals surface area contributed by atoms with Crippen molar-refractivity contribution in [3.05, 3.63) is 102 Å². The van der Waals surface area contributed by atoms with Crippen LogP contribution in [-0.4, -0.2) is 11.7 Å². The third-order valence-electron chi connectivity index (χ3n) is 4.49. The third-order valence-corrected chi connectivity index (χ3v) is 4.49. The van der Waals surface area contributed by atoms with Crippen molar-refractivity contribution in [2.45, 2.75) is 20.5 Å². The Bertz CT molecular complexity index is 1020. The van der Waals surface area contributed by atoms with Crippen molar-refractivity contribution < 1.29 is 14.3 Å². The Labute approximate surface area is 177 Å². The lowest BCUT2D eigenvalue weighted by Gasteiger charge is -2.12. The summed E-state index contributed by atoms with van der Waals surface area (Å²) in [5, 5.41) is 2.83. The molecule has 0 aliphatic rings. The largest absolute Gasteiger partial charge is 0.489 e. The minimum Gasteiger partial charge on any atom is -0.489 e. The summed E-state index contributed by atoms with van der Waals surface area (Å²) in [5.74, 6) is -0.280. The number of nitrogens with one attached hydrogen (secondary N) is 1. The second-order valence-corrected chi connectivity index (χ2v) is 7.24. The number of carbonyl (C=O) groups is 2. The average Bonchev–Trinajstić information content (AvgIpc) is 2.77. The Morgan fingerprint density at radius 2 is 1.57 bits per heavy atom. The van der Waals surface area contributed by atoms with E-state index in [1.807, 2.05) is 66.7 Å². The van der Waals surface area contributed by atoms with E-state index in [9.17, 15) is 9.59 Å². The molecule has 3 rings (SSSR count). The standard InChI is InChI=1S/C26H25NO3/c1-19(2)25(28)24(16-20-10-5-3-6-11-20)26(29)27-22-14-9-15-23(17-22)30-18-21-12-7-4-8-13-21/h3-17,19H,18H2,1-2H3,(H,27,29). The van der Waals surface area contributed by atoms with Gasteiger partial charge in [-0.25, -0.2) is 0 Å². The van der Waals surface area contributed by atoms with Gasteiger partial charge in [-0.1, -0.05) is 80.6 Å². The quantitative estimate of drug-likeness (QED) is 0.309. The van der Waals surface area contributed by atoms with Gasteiger partial charge in [0, 0.05) is 17.7 Å². The van der Waals surface area contributed by atoms with Gasteiger partial charge in [-0.2, -0.15) is 0 Å². The lowest BCUT2D eigenvalue weighted by molar-refractivity contribution is -0.121. The van der Waals surface area contributed by atoms with E-state index in [2.05, 4.69) is 5.32 Å². The predicted octanol–water partition coefficient (Wildman–Crippen LogP) is 5.51. The summed E-state index contributed by atoms with van der Waals surface area (Å²) in [6.45, 7) is 4.00. The van der Waals surface area contributed by atoms with Crippen LogP contribution in [-0.2, 0) is 16.2 Å². The van der Waals surface area contributed by atoms with Crippen molar-refractivity contribution in [2.24, 2.45) is 5.92 Å². The minimum atomic E-state index is -0.433. The Balaban J connectivity index is 1.75. The van der Waals surface area contributed by atoms with Gasteiger partial charge < -0.3 is 10.1 Å². The maximum atomic E-state index is 12.9. The van der Waals surface area contributed by atoms with E-state index in [4.69, 9.17) is 4.74 Å². The average molecular weight is 399 g/mol. The zero-order valence-corrected chi connectivity index (χ0v) is 17.2. The van der Waals surface area contributed by atoms with Crippen LogP contribution >= 0.6 is 0 Å². The number of hydrogen-bond donors (Lipinski definition) is 1. The topological polar surface area (TPSA) is 55.4 Å². The molecular formula is C26H25NO3. The fourth-order valence-electron chi connectivity index (χ4n) is 2.88. The van der Waals surface area contributed by atoms with E-state index in [0.717, 1.165) is 11.1 Å². The van der Waals surface area contributed by atoms with Crippen LogP contribution in [0.4, 0.5) is 5.69 Å². The van der Waals surface area contributed by atoms with E-state index in [1.54, 1.807) is 38.1 Å². The molecule has 4 nitrogen and oxygen atoms in total. The van der Waals surface area contributed by atoms with E-state index < -0.39 is 5.91 Å². The van der Waals surface area contributed by atoms with Crippen molar-refractivity contribution in [1.29, 1.82) is 0 Å². The van der Waals surface area contributed by atoms with Gasteiger partial charge in [-0.3, -0.25) is 9.59 Å². The Morgan fingerprint density at radius 1 is 0.900 bits per heavy atom. The number of ether oxygens (including phenoxy) is 1. The molecule has 4 heteroatoms. The molecule has 0 unspecified atom stereocenters. The fraction of sp³-hybridized carbons (Fsp3) is 0.154. The molecule has 1 N–H and O–H groups in total. The van der Waals surface area contributed by atoms with Gasteiger partial charge in [-0.15, -0.1) is 0 Å². The number of amides is 1. The van der Waals surface area contributed by atoms with Crippen LogP contribution in [0.2, 0.25) is 0 Å². The van der Waals surface area contributed by atoms with E-state index >= 15 is 0 Å². The Morgan fingerprint density at radius 3 is 2.23 bits per heavy atom. The summed E-state index contributed by atoms with van der Waals surface area (Å²) in [6.07, 6.45) is 1.63. The van der Waals surface area contributed by atoms with Crippen LogP contribution < -0.4 is 10.1 Å². The first-order valence-electron chi connectivity index (χ1n) is 9.92. The zero-order chi connectivity index (χ0) is 21.3. The van der Waals surface area contributed by atoms with Crippen molar-refractivity contribution >= 4 is 23.5 Å². The highest BCUT2D eigenvalue weighted by molar-refractivity contribution is 6.26. The number of anilines is 1. The van der Waals surface area contributed by atoms with Crippen molar-refractivity contribution in [3.63, 3.8) is 0 Å². The molecule has 0 spiro atoms. The van der Waals surface area contributed by atoms with Crippen molar-refractivity contribution in [1.82, 2.24) is 0 Å². The number of hydrogen-bond acceptors (Lipinski definition) is 3. The fourth-order valence-corrected chi connectivity index (χ4v) is 2.88. The van der Waals surface area contributed by atoms with Gasteiger partial charge in [0.2, 0.25) is 0 Å². The number of Topliss-reactive ketones (excluding diaryl/α,β-unsaturated/α-hetero) is 1. The lowest BCUT2D eigenvalue weighted by Crippen LogP contribution is -2.23. The molecule has 30 heavy (non-hydrogen) atoms. The smallest absolute Gasteiger partial charge is 0.259 e. The van der Waals surface area contributed by atoms with Crippen molar-refractivity contribution in [2.75, 3.05) is 5.32 Å². The molecular weight excluding hydrogens is 374 g/mol. The SMILES string of the molecule is CC(C)C(=O)C(=Cc1ccccc1)C(=O)Nc1cccc(OCc2ccccc2)c1. The number of rotatable bonds is 8.